The van der Waals surface area contributed by atoms with E-state index in [1.165, 1.54) is 25.0 Å². The number of nitrogens with zero attached hydrogens (tertiary/aromatic N) is 2. The van der Waals surface area contributed by atoms with Crippen LogP contribution < -0.4 is 5.32 Å². The van der Waals surface area contributed by atoms with Gasteiger partial charge in [0, 0.05) is 19.3 Å². The number of aromatic nitrogens is 2. The highest BCUT2D eigenvalue weighted by Crippen LogP contribution is 2.27. The lowest BCUT2D eigenvalue weighted by atomic mass is 10.0. The van der Waals surface area contributed by atoms with Crippen molar-refractivity contribution >= 4 is 0 Å². The summed E-state index contributed by atoms with van der Waals surface area (Å²) in [6.45, 7) is 0. The lowest BCUT2D eigenvalue weighted by Gasteiger charge is -2.08. The molecule has 0 aromatic carbocycles. The minimum Gasteiger partial charge on any atom is -0.317 e. The smallest absolute Gasteiger partial charge is 0.0627 e. The molecule has 3 heteroatoms. The lowest BCUT2D eigenvalue weighted by molar-refractivity contribution is 0.502. The second-order valence-corrected chi connectivity index (χ2v) is 4.35. The molecule has 0 aliphatic heterocycles. The average Bonchev–Trinajstić information content (AvgIpc) is 2.76. The summed E-state index contributed by atoms with van der Waals surface area (Å²) in [5.74, 6) is 0.836. The summed E-state index contributed by atoms with van der Waals surface area (Å²) in [4.78, 5) is 0. The van der Waals surface area contributed by atoms with E-state index >= 15 is 0 Å². The Morgan fingerprint density at radius 2 is 2.43 bits per heavy atom. The maximum absolute atomic E-state index is 4.42. The highest BCUT2D eigenvalue weighted by molar-refractivity contribution is 5.01. The predicted molar refractivity (Wildman–Crippen MR) is 57.1 cm³/mol. The van der Waals surface area contributed by atoms with Gasteiger partial charge in [0.15, 0.2) is 0 Å². The molecule has 2 rings (SSSR count). The fraction of sp³-hybridized carbons (Fsp3) is 0.727. The Labute approximate surface area is 85.5 Å². The van der Waals surface area contributed by atoms with Crippen LogP contribution in [0.1, 0.15) is 25.0 Å². The van der Waals surface area contributed by atoms with Crippen molar-refractivity contribution in [2.24, 2.45) is 13.0 Å². The minimum atomic E-state index is 0.740. The molecular weight excluding hydrogens is 174 g/mol. The number of aryl methyl sites for hydroxylation is 1. The molecule has 14 heavy (non-hydrogen) atoms. The summed E-state index contributed by atoms with van der Waals surface area (Å²) in [7, 11) is 4.04. The van der Waals surface area contributed by atoms with E-state index in [1.54, 1.807) is 0 Å². The normalized spacial score (nSPS) is 27.0. The van der Waals surface area contributed by atoms with Crippen molar-refractivity contribution in [3.05, 3.63) is 18.0 Å². The Hall–Kier alpha value is -0.830. The first-order valence-corrected chi connectivity index (χ1v) is 5.43. The van der Waals surface area contributed by atoms with Gasteiger partial charge in [-0.25, -0.2) is 0 Å². The molecule has 0 bridgehead atoms. The highest BCUT2D eigenvalue weighted by Gasteiger charge is 2.23. The maximum Gasteiger partial charge on any atom is 0.0627 e. The zero-order valence-electron chi connectivity index (χ0n) is 9.03. The van der Waals surface area contributed by atoms with E-state index in [2.05, 4.69) is 23.5 Å². The Morgan fingerprint density at radius 3 is 3.00 bits per heavy atom. The summed E-state index contributed by atoms with van der Waals surface area (Å²) in [5.41, 5.74) is 1.24. The molecule has 0 spiro atoms. The van der Waals surface area contributed by atoms with Crippen molar-refractivity contribution in [3.8, 4) is 0 Å². The van der Waals surface area contributed by atoms with Crippen molar-refractivity contribution < 1.29 is 0 Å². The first kappa shape index (κ1) is 9.71. The van der Waals surface area contributed by atoms with Crippen LogP contribution in [-0.2, 0) is 13.5 Å². The first-order chi connectivity index (χ1) is 6.78. The number of rotatable bonds is 3. The van der Waals surface area contributed by atoms with Gasteiger partial charge in [0.1, 0.15) is 0 Å². The molecule has 1 aromatic rings. The van der Waals surface area contributed by atoms with Gasteiger partial charge >= 0.3 is 0 Å². The van der Waals surface area contributed by atoms with E-state index in [0.717, 1.165) is 18.4 Å². The summed E-state index contributed by atoms with van der Waals surface area (Å²) in [5, 5.41) is 7.78. The van der Waals surface area contributed by atoms with Crippen molar-refractivity contribution in [2.45, 2.75) is 31.7 Å². The Balaban J connectivity index is 1.87. The molecule has 1 heterocycles. The Kier molecular flexibility index (Phi) is 2.87. The molecule has 2 atom stereocenters. The van der Waals surface area contributed by atoms with Gasteiger partial charge in [-0.2, -0.15) is 5.10 Å². The summed E-state index contributed by atoms with van der Waals surface area (Å²) in [6, 6.07) is 2.87. The molecule has 1 aliphatic carbocycles. The molecule has 1 saturated carbocycles. The van der Waals surface area contributed by atoms with Crippen molar-refractivity contribution in [1.82, 2.24) is 15.1 Å². The average molecular weight is 193 g/mol. The molecule has 3 nitrogen and oxygen atoms in total. The third-order valence-corrected chi connectivity index (χ3v) is 3.22. The van der Waals surface area contributed by atoms with Gasteiger partial charge in [-0.3, -0.25) is 4.68 Å². The van der Waals surface area contributed by atoms with Crippen molar-refractivity contribution in [2.75, 3.05) is 7.05 Å². The van der Waals surface area contributed by atoms with E-state index in [0.29, 0.717) is 0 Å². The van der Waals surface area contributed by atoms with Crippen molar-refractivity contribution in [1.29, 1.82) is 0 Å². The molecule has 78 valence electrons. The van der Waals surface area contributed by atoms with Crippen LogP contribution in [-0.4, -0.2) is 22.9 Å². The number of hydrogen-bond donors (Lipinski definition) is 1. The van der Waals surface area contributed by atoms with E-state index in [1.807, 2.05) is 17.9 Å². The fourth-order valence-corrected chi connectivity index (χ4v) is 2.39. The molecule has 0 amide bonds. The van der Waals surface area contributed by atoms with Gasteiger partial charge in [-0.1, -0.05) is 0 Å². The standard InChI is InChI=1S/C11H19N3/c1-12-10-4-3-9(7-10)8-11-5-6-14(2)13-11/h5-6,9-10,12H,3-4,7-8H2,1-2H3. The van der Waals surface area contributed by atoms with E-state index in [4.69, 9.17) is 0 Å². The van der Waals surface area contributed by atoms with Crippen LogP contribution >= 0.6 is 0 Å². The van der Waals surface area contributed by atoms with Crippen LogP contribution in [0.3, 0.4) is 0 Å². The molecule has 1 aliphatic rings. The molecule has 1 aromatic heterocycles. The third-order valence-electron chi connectivity index (χ3n) is 3.22. The summed E-state index contributed by atoms with van der Waals surface area (Å²) in [6.07, 6.45) is 7.17. The molecule has 0 radical (unpaired) electrons. The second kappa shape index (κ2) is 4.13. The first-order valence-electron chi connectivity index (χ1n) is 5.43. The minimum absolute atomic E-state index is 0.740. The van der Waals surface area contributed by atoms with Gasteiger partial charge in [-0.15, -0.1) is 0 Å². The molecule has 1 N–H and O–H groups in total. The van der Waals surface area contributed by atoms with Crippen LogP contribution in [0, 0.1) is 5.92 Å². The molecule has 2 unspecified atom stereocenters. The lowest BCUT2D eigenvalue weighted by Crippen LogP contribution is -2.21. The zero-order chi connectivity index (χ0) is 9.97. The van der Waals surface area contributed by atoms with Gasteiger partial charge < -0.3 is 5.32 Å². The van der Waals surface area contributed by atoms with Crippen LogP contribution in [0.25, 0.3) is 0 Å². The van der Waals surface area contributed by atoms with Gasteiger partial charge in [0.2, 0.25) is 0 Å². The van der Waals surface area contributed by atoms with Gasteiger partial charge in [0.05, 0.1) is 5.69 Å². The SMILES string of the molecule is CNC1CCC(Cc2ccn(C)n2)C1. The van der Waals surface area contributed by atoms with Gasteiger partial charge in [-0.05, 0) is 44.7 Å². The second-order valence-electron chi connectivity index (χ2n) is 4.35. The van der Waals surface area contributed by atoms with E-state index in [9.17, 15) is 0 Å². The van der Waals surface area contributed by atoms with Crippen LogP contribution in [0.2, 0.25) is 0 Å². The summed E-state index contributed by atoms with van der Waals surface area (Å²) >= 11 is 0. The van der Waals surface area contributed by atoms with E-state index < -0.39 is 0 Å². The predicted octanol–water partition coefficient (Wildman–Crippen LogP) is 1.35. The zero-order valence-corrected chi connectivity index (χ0v) is 9.03. The van der Waals surface area contributed by atoms with Crippen molar-refractivity contribution in [3.63, 3.8) is 0 Å². The Morgan fingerprint density at radius 1 is 1.57 bits per heavy atom. The van der Waals surface area contributed by atoms with Crippen LogP contribution in [0.5, 0.6) is 0 Å². The monoisotopic (exact) mass is 193 g/mol. The van der Waals surface area contributed by atoms with E-state index in [-0.39, 0.29) is 0 Å². The molecule has 1 fully saturated rings. The number of hydrogen-bond acceptors (Lipinski definition) is 2. The van der Waals surface area contributed by atoms with Crippen LogP contribution in [0.15, 0.2) is 12.3 Å². The van der Waals surface area contributed by atoms with Crippen LogP contribution in [0.4, 0.5) is 0 Å². The van der Waals surface area contributed by atoms with Gasteiger partial charge in [0.25, 0.3) is 0 Å². The fourth-order valence-electron chi connectivity index (χ4n) is 2.39. The largest absolute Gasteiger partial charge is 0.317 e. The summed E-state index contributed by atoms with van der Waals surface area (Å²) < 4.78 is 1.89. The molecular formula is C11H19N3. The Bertz CT molecular complexity index is 292. The molecule has 0 saturated heterocycles. The number of nitrogens with one attached hydrogen (secondary N) is 1. The topological polar surface area (TPSA) is 29.9 Å². The maximum atomic E-state index is 4.42. The quantitative estimate of drug-likeness (QED) is 0.785. The highest BCUT2D eigenvalue weighted by atomic mass is 15.2. The third kappa shape index (κ3) is 2.15.